The average Bonchev–Trinajstić information content (AvgIpc) is 2.68. The molecule has 84 valence electrons. The normalized spacial score (nSPS) is 10.9. The fourth-order valence-electron chi connectivity index (χ4n) is 1.97. The van der Waals surface area contributed by atoms with Crippen LogP contribution in [0.5, 0.6) is 0 Å². The Bertz CT molecular complexity index is 640. The summed E-state index contributed by atoms with van der Waals surface area (Å²) in [4.78, 5) is 0. The van der Waals surface area contributed by atoms with E-state index >= 15 is 0 Å². The predicted octanol–water partition coefficient (Wildman–Crippen LogP) is 1.83. The van der Waals surface area contributed by atoms with Crippen LogP contribution in [0.3, 0.4) is 0 Å². The van der Waals surface area contributed by atoms with Crippen molar-refractivity contribution in [2.45, 2.75) is 0 Å². The van der Waals surface area contributed by atoms with Gasteiger partial charge in [0.1, 0.15) is 0 Å². The monoisotopic (exact) mass is 287 g/mol. The average molecular weight is 286 g/mol. The zero-order valence-electron chi connectivity index (χ0n) is 9.63. The number of aryl methyl sites for hydroxylation is 1. The molecule has 0 bridgehead atoms. The van der Waals surface area contributed by atoms with Crippen molar-refractivity contribution in [1.29, 1.82) is 0 Å². The van der Waals surface area contributed by atoms with Gasteiger partial charge in [-0.05, 0) is 0 Å². The van der Waals surface area contributed by atoms with Gasteiger partial charge in [0.2, 0.25) is 0 Å². The third kappa shape index (κ3) is 2.02. The SMILES string of the molecule is Cn1c([Se]c2ccccc2)cc2ccccc21. The van der Waals surface area contributed by atoms with E-state index in [9.17, 15) is 0 Å². The molecule has 0 atom stereocenters. The van der Waals surface area contributed by atoms with Gasteiger partial charge in [-0.15, -0.1) is 0 Å². The third-order valence-corrected chi connectivity index (χ3v) is 5.20. The van der Waals surface area contributed by atoms with Crippen molar-refractivity contribution in [3.63, 3.8) is 0 Å². The van der Waals surface area contributed by atoms with Crippen LogP contribution >= 0.6 is 0 Å². The summed E-state index contributed by atoms with van der Waals surface area (Å²) < 4.78 is 5.15. The number of fused-ring (bicyclic) bond motifs is 1. The van der Waals surface area contributed by atoms with Crippen molar-refractivity contribution in [2.75, 3.05) is 0 Å². The molecule has 2 heteroatoms. The first kappa shape index (κ1) is 10.6. The molecule has 1 aromatic heterocycles. The summed E-state index contributed by atoms with van der Waals surface area (Å²) >= 11 is 0.384. The van der Waals surface area contributed by atoms with Crippen molar-refractivity contribution >= 4 is 34.9 Å². The number of hydrogen-bond donors (Lipinski definition) is 0. The van der Waals surface area contributed by atoms with Crippen LogP contribution < -0.4 is 9.05 Å². The van der Waals surface area contributed by atoms with E-state index in [4.69, 9.17) is 0 Å². The first-order valence-electron chi connectivity index (χ1n) is 5.62. The quantitative estimate of drug-likeness (QED) is 0.633. The zero-order chi connectivity index (χ0) is 11.7. The van der Waals surface area contributed by atoms with E-state index in [1.54, 1.807) is 0 Å². The fraction of sp³-hybridized carbons (Fsp3) is 0.0667. The summed E-state index contributed by atoms with van der Waals surface area (Å²) in [5.74, 6) is 0. The van der Waals surface area contributed by atoms with Gasteiger partial charge in [0.25, 0.3) is 0 Å². The van der Waals surface area contributed by atoms with Crippen molar-refractivity contribution in [3.05, 3.63) is 60.7 Å². The topological polar surface area (TPSA) is 4.93 Å². The van der Waals surface area contributed by atoms with Gasteiger partial charge in [-0.2, -0.15) is 0 Å². The van der Waals surface area contributed by atoms with Crippen LogP contribution in [-0.4, -0.2) is 19.5 Å². The number of nitrogens with zero attached hydrogens (tertiary/aromatic N) is 1. The molecule has 0 unspecified atom stereocenters. The van der Waals surface area contributed by atoms with E-state index in [0.29, 0.717) is 15.0 Å². The van der Waals surface area contributed by atoms with Gasteiger partial charge in [-0.3, -0.25) is 0 Å². The molecule has 0 aliphatic carbocycles. The zero-order valence-corrected chi connectivity index (χ0v) is 11.3. The van der Waals surface area contributed by atoms with Crippen molar-refractivity contribution < 1.29 is 0 Å². The summed E-state index contributed by atoms with van der Waals surface area (Å²) in [6.07, 6.45) is 0. The third-order valence-electron chi connectivity index (χ3n) is 2.87. The molecular weight excluding hydrogens is 273 g/mol. The number of para-hydroxylation sites is 1. The molecule has 0 saturated carbocycles. The number of rotatable bonds is 2. The van der Waals surface area contributed by atoms with Gasteiger partial charge < -0.3 is 0 Å². The van der Waals surface area contributed by atoms with Gasteiger partial charge in [-0.1, -0.05) is 0 Å². The van der Waals surface area contributed by atoms with E-state index < -0.39 is 0 Å². The molecule has 0 saturated heterocycles. The molecule has 1 heterocycles. The fourth-order valence-corrected chi connectivity index (χ4v) is 3.98. The summed E-state index contributed by atoms with van der Waals surface area (Å²) in [7, 11) is 2.16. The van der Waals surface area contributed by atoms with E-state index in [2.05, 4.69) is 72.3 Å². The Balaban J connectivity index is 2.04. The second kappa shape index (κ2) is 4.40. The Morgan fingerprint density at radius 1 is 0.882 bits per heavy atom. The Morgan fingerprint density at radius 2 is 1.59 bits per heavy atom. The molecule has 0 N–H and O–H groups in total. The van der Waals surface area contributed by atoms with Crippen molar-refractivity contribution in [1.82, 2.24) is 4.57 Å². The first-order chi connectivity index (χ1) is 8.34. The van der Waals surface area contributed by atoms with Crippen LogP contribution in [0.15, 0.2) is 60.7 Å². The minimum absolute atomic E-state index is 0.384. The van der Waals surface area contributed by atoms with E-state index in [1.807, 2.05) is 0 Å². The summed E-state index contributed by atoms with van der Waals surface area (Å²) in [5.41, 5.74) is 1.32. The van der Waals surface area contributed by atoms with Crippen LogP contribution in [0.2, 0.25) is 0 Å². The van der Waals surface area contributed by atoms with Crippen molar-refractivity contribution in [3.8, 4) is 0 Å². The Kier molecular flexibility index (Phi) is 2.76. The molecule has 0 radical (unpaired) electrons. The molecular formula is C15H13NSe. The van der Waals surface area contributed by atoms with Gasteiger partial charge in [0, 0.05) is 0 Å². The molecule has 3 aromatic rings. The molecule has 2 aromatic carbocycles. The van der Waals surface area contributed by atoms with E-state index in [-0.39, 0.29) is 0 Å². The Hall–Kier alpha value is -1.50. The van der Waals surface area contributed by atoms with Gasteiger partial charge in [0.05, 0.1) is 0 Å². The number of aromatic nitrogens is 1. The molecule has 0 aliphatic rings. The van der Waals surface area contributed by atoms with Crippen molar-refractivity contribution in [2.24, 2.45) is 7.05 Å². The number of hydrogen-bond acceptors (Lipinski definition) is 0. The summed E-state index contributed by atoms with van der Waals surface area (Å²) in [6.45, 7) is 0. The van der Waals surface area contributed by atoms with Crippen LogP contribution in [0.1, 0.15) is 0 Å². The van der Waals surface area contributed by atoms with Crippen LogP contribution in [0.25, 0.3) is 10.9 Å². The minimum atomic E-state index is 0.384. The van der Waals surface area contributed by atoms with E-state index in [1.165, 1.54) is 20.0 Å². The van der Waals surface area contributed by atoms with Crippen LogP contribution in [0.4, 0.5) is 0 Å². The molecule has 0 fully saturated rings. The second-order valence-electron chi connectivity index (χ2n) is 4.02. The Labute approximate surface area is 107 Å². The van der Waals surface area contributed by atoms with Gasteiger partial charge >= 0.3 is 107 Å². The van der Waals surface area contributed by atoms with Crippen LogP contribution in [0, 0.1) is 0 Å². The first-order valence-corrected chi connectivity index (χ1v) is 7.33. The van der Waals surface area contributed by atoms with E-state index in [0.717, 1.165) is 0 Å². The predicted molar refractivity (Wildman–Crippen MR) is 74.4 cm³/mol. The molecule has 0 aliphatic heterocycles. The molecule has 0 amide bonds. The standard InChI is InChI=1S/C15H13NSe/c1-16-14-10-6-5-7-12(14)11-15(16)17-13-8-3-2-4-9-13/h2-11H,1H3. The second-order valence-corrected chi connectivity index (χ2v) is 6.31. The maximum atomic E-state index is 2.31. The van der Waals surface area contributed by atoms with Gasteiger partial charge in [-0.25, -0.2) is 0 Å². The molecule has 1 nitrogen and oxygen atoms in total. The molecule has 3 rings (SSSR count). The van der Waals surface area contributed by atoms with Gasteiger partial charge in [0.15, 0.2) is 0 Å². The summed E-state index contributed by atoms with van der Waals surface area (Å²) in [5, 5.41) is 1.34. The maximum absolute atomic E-state index is 2.31. The summed E-state index contributed by atoms with van der Waals surface area (Å²) in [6, 6.07) is 21.6. The number of benzene rings is 2. The molecule has 17 heavy (non-hydrogen) atoms. The Morgan fingerprint density at radius 3 is 2.35 bits per heavy atom. The molecule has 0 spiro atoms. The van der Waals surface area contributed by atoms with Crippen LogP contribution in [-0.2, 0) is 7.05 Å².